The first-order chi connectivity index (χ1) is 9.49. The summed E-state index contributed by atoms with van der Waals surface area (Å²) in [5.74, 6) is 0.307. The number of anilines is 1. The summed E-state index contributed by atoms with van der Waals surface area (Å²) >= 11 is 0. The standard InChI is InChI=1S/C15H17N3O2/c1-9(2)11-6-4-5-7-13(11)18-15(20)12-8-16-10(3)17-14(12)19/h4-9H,1-3H3,(H,18,20)(H,16,17,19). The molecular formula is C15H17N3O2. The molecule has 0 bridgehead atoms. The second kappa shape index (κ2) is 5.69. The Morgan fingerprint density at radius 1 is 1.30 bits per heavy atom. The largest absolute Gasteiger partial charge is 0.322 e. The Balaban J connectivity index is 2.31. The first-order valence-corrected chi connectivity index (χ1v) is 6.45. The molecule has 1 aromatic carbocycles. The first kappa shape index (κ1) is 14.0. The van der Waals surface area contributed by atoms with Gasteiger partial charge in [0.05, 0.1) is 0 Å². The van der Waals surface area contributed by atoms with Gasteiger partial charge in [-0.25, -0.2) is 4.98 Å². The second-order valence-electron chi connectivity index (χ2n) is 4.91. The highest BCUT2D eigenvalue weighted by Gasteiger charge is 2.14. The number of aryl methyl sites for hydroxylation is 1. The van der Waals surface area contributed by atoms with Crippen LogP contribution in [0.4, 0.5) is 5.69 Å². The Kier molecular flexibility index (Phi) is 3.98. The minimum Gasteiger partial charge on any atom is -0.322 e. The van der Waals surface area contributed by atoms with Crippen molar-refractivity contribution in [2.45, 2.75) is 26.7 Å². The lowest BCUT2D eigenvalue weighted by Crippen LogP contribution is -2.24. The molecule has 0 atom stereocenters. The molecule has 20 heavy (non-hydrogen) atoms. The van der Waals surface area contributed by atoms with Crippen LogP contribution in [0.1, 0.15) is 41.5 Å². The van der Waals surface area contributed by atoms with Gasteiger partial charge in [-0.05, 0) is 24.5 Å². The molecule has 0 unspecified atom stereocenters. The molecular weight excluding hydrogens is 254 g/mol. The maximum atomic E-state index is 12.1. The van der Waals surface area contributed by atoms with Crippen molar-refractivity contribution in [3.05, 3.63) is 57.8 Å². The van der Waals surface area contributed by atoms with Crippen LogP contribution in [0.5, 0.6) is 0 Å². The normalized spacial score (nSPS) is 10.6. The number of rotatable bonds is 3. The van der Waals surface area contributed by atoms with Gasteiger partial charge in [0.25, 0.3) is 11.5 Å². The predicted molar refractivity (Wildman–Crippen MR) is 78.1 cm³/mol. The minimum atomic E-state index is -0.452. The maximum Gasteiger partial charge on any atom is 0.263 e. The van der Waals surface area contributed by atoms with Crippen LogP contribution >= 0.6 is 0 Å². The van der Waals surface area contributed by atoms with Crippen LogP contribution in [0, 0.1) is 6.92 Å². The number of carbonyl (C=O) groups excluding carboxylic acids is 1. The van der Waals surface area contributed by atoms with E-state index >= 15 is 0 Å². The molecule has 1 amide bonds. The van der Waals surface area contributed by atoms with E-state index in [0.29, 0.717) is 11.5 Å². The molecule has 0 spiro atoms. The van der Waals surface area contributed by atoms with Crippen molar-refractivity contribution in [1.29, 1.82) is 0 Å². The molecule has 104 valence electrons. The van der Waals surface area contributed by atoms with Gasteiger partial charge in [0.15, 0.2) is 0 Å². The van der Waals surface area contributed by atoms with Gasteiger partial charge in [-0.1, -0.05) is 32.0 Å². The van der Waals surface area contributed by atoms with E-state index in [-0.39, 0.29) is 11.5 Å². The zero-order chi connectivity index (χ0) is 14.7. The summed E-state index contributed by atoms with van der Waals surface area (Å²) in [6.45, 7) is 5.76. The summed E-state index contributed by atoms with van der Waals surface area (Å²) in [5, 5.41) is 2.77. The molecule has 0 saturated heterocycles. The molecule has 0 aliphatic carbocycles. The highest BCUT2D eigenvalue weighted by atomic mass is 16.2. The van der Waals surface area contributed by atoms with Gasteiger partial charge in [-0.15, -0.1) is 0 Å². The van der Waals surface area contributed by atoms with Gasteiger partial charge in [-0.3, -0.25) is 9.59 Å². The van der Waals surface area contributed by atoms with Gasteiger partial charge in [0.1, 0.15) is 11.4 Å². The highest BCUT2D eigenvalue weighted by Crippen LogP contribution is 2.23. The lowest BCUT2D eigenvalue weighted by Gasteiger charge is -2.13. The number of nitrogens with zero attached hydrogens (tertiary/aromatic N) is 1. The predicted octanol–water partition coefficient (Wildman–Crippen LogP) is 2.45. The number of H-pyrrole nitrogens is 1. The zero-order valence-corrected chi connectivity index (χ0v) is 11.7. The molecule has 2 aromatic rings. The second-order valence-corrected chi connectivity index (χ2v) is 4.91. The summed E-state index contributed by atoms with van der Waals surface area (Å²) in [6, 6.07) is 7.55. The maximum absolute atomic E-state index is 12.1. The first-order valence-electron chi connectivity index (χ1n) is 6.45. The van der Waals surface area contributed by atoms with Crippen molar-refractivity contribution in [3.8, 4) is 0 Å². The molecule has 0 aliphatic heterocycles. The summed E-state index contributed by atoms with van der Waals surface area (Å²) in [7, 11) is 0. The van der Waals surface area contributed by atoms with E-state index < -0.39 is 11.5 Å². The smallest absolute Gasteiger partial charge is 0.263 e. The van der Waals surface area contributed by atoms with Crippen molar-refractivity contribution >= 4 is 11.6 Å². The number of carbonyl (C=O) groups is 1. The highest BCUT2D eigenvalue weighted by molar-refractivity contribution is 6.04. The molecule has 0 radical (unpaired) electrons. The average molecular weight is 271 g/mol. The monoisotopic (exact) mass is 271 g/mol. The van der Waals surface area contributed by atoms with E-state index in [4.69, 9.17) is 0 Å². The number of hydrogen-bond acceptors (Lipinski definition) is 3. The van der Waals surface area contributed by atoms with Crippen molar-refractivity contribution in [1.82, 2.24) is 9.97 Å². The number of para-hydroxylation sites is 1. The molecule has 0 fully saturated rings. The van der Waals surface area contributed by atoms with E-state index in [1.54, 1.807) is 6.92 Å². The van der Waals surface area contributed by atoms with Gasteiger partial charge in [0, 0.05) is 11.9 Å². The van der Waals surface area contributed by atoms with Crippen LogP contribution in [-0.4, -0.2) is 15.9 Å². The molecule has 2 rings (SSSR count). The van der Waals surface area contributed by atoms with E-state index in [9.17, 15) is 9.59 Å². The van der Waals surface area contributed by atoms with Crippen molar-refractivity contribution < 1.29 is 4.79 Å². The van der Waals surface area contributed by atoms with Crippen molar-refractivity contribution in [2.75, 3.05) is 5.32 Å². The quantitative estimate of drug-likeness (QED) is 0.900. The summed E-state index contributed by atoms with van der Waals surface area (Å²) in [5.41, 5.74) is 1.32. The number of aromatic nitrogens is 2. The Morgan fingerprint density at radius 3 is 2.65 bits per heavy atom. The summed E-state index contributed by atoms with van der Waals surface area (Å²) in [4.78, 5) is 30.3. The van der Waals surface area contributed by atoms with E-state index in [0.717, 1.165) is 5.56 Å². The minimum absolute atomic E-state index is 0.00848. The SMILES string of the molecule is Cc1ncc(C(=O)Nc2ccccc2C(C)C)c(=O)[nH]1. The van der Waals surface area contributed by atoms with Gasteiger partial charge < -0.3 is 10.3 Å². The Hall–Kier alpha value is -2.43. The number of aromatic amines is 1. The van der Waals surface area contributed by atoms with E-state index in [1.807, 2.05) is 38.1 Å². The third kappa shape index (κ3) is 2.93. The van der Waals surface area contributed by atoms with Gasteiger partial charge in [0.2, 0.25) is 0 Å². The van der Waals surface area contributed by atoms with Crippen LogP contribution in [0.25, 0.3) is 0 Å². The summed E-state index contributed by atoms with van der Waals surface area (Å²) < 4.78 is 0. The zero-order valence-electron chi connectivity index (χ0n) is 11.7. The Bertz CT molecular complexity index is 690. The third-order valence-electron chi connectivity index (χ3n) is 3.00. The lowest BCUT2D eigenvalue weighted by atomic mass is 10.0. The van der Waals surface area contributed by atoms with Crippen LogP contribution < -0.4 is 10.9 Å². The van der Waals surface area contributed by atoms with Crippen LogP contribution in [0.2, 0.25) is 0 Å². The molecule has 1 heterocycles. The Morgan fingerprint density at radius 2 is 2.00 bits per heavy atom. The van der Waals surface area contributed by atoms with Crippen LogP contribution in [0.3, 0.4) is 0 Å². The van der Waals surface area contributed by atoms with Gasteiger partial charge >= 0.3 is 0 Å². The number of hydrogen-bond donors (Lipinski definition) is 2. The van der Waals surface area contributed by atoms with Gasteiger partial charge in [-0.2, -0.15) is 0 Å². The lowest BCUT2D eigenvalue weighted by molar-refractivity contribution is 0.102. The molecule has 2 N–H and O–H groups in total. The molecule has 0 saturated carbocycles. The van der Waals surface area contributed by atoms with Crippen molar-refractivity contribution in [2.24, 2.45) is 0 Å². The number of amides is 1. The van der Waals surface area contributed by atoms with Crippen molar-refractivity contribution in [3.63, 3.8) is 0 Å². The van der Waals surface area contributed by atoms with Crippen LogP contribution in [-0.2, 0) is 0 Å². The van der Waals surface area contributed by atoms with E-state index in [1.165, 1.54) is 6.20 Å². The number of nitrogens with one attached hydrogen (secondary N) is 2. The third-order valence-corrected chi connectivity index (χ3v) is 3.00. The van der Waals surface area contributed by atoms with Crippen LogP contribution in [0.15, 0.2) is 35.3 Å². The fourth-order valence-electron chi connectivity index (χ4n) is 1.95. The topological polar surface area (TPSA) is 74.8 Å². The fourth-order valence-corrected chi connectivity index (χ4v) is 1.95. The molecule has 5 nitrogen and oxygen atoms in total. The number of benzene rings is 1. The average Bonchev–Trinajstić information content (AvgIpc) is 2.38. The fraction of sp³-hybridized carbons (Fsp3) is 0.267. The summed E-state index contributed by atoms with van der Waals surface area (Å²) in [6.07, 6.45) is 1.29. The molecule has 5 heteroatoms. The Labute approximate surface area is 117 Å². The molecule has 0 aliphatic rings. The van der Waals surface area contributed by atoms with E-state index in [2.05, 4.69) is 15.3 Å². The molecule has 1 aromatic heterocycles.